The minimum Gasteiger partial charge on any atom is -0.306 e. The summed E-state index contributed by atoms with van der Waals surface area (Å²) in [6, 6.07) is 0. The molecule has 1 aliphatic heterocycles. The molecule has 0 radical (unpaired) electrons. The maximum absolute atomic E-state index is 2.46. The van der Waals surface area contributed by atoms with Gasteiger partial charge in [-0.25, -0.2) is 0 Å². The lowest BCUT2D eigenvalue weighted by molar-refractivity contribution is 0.335. The van der Waals surface area contributed by atoms with Crippen LogP contribution in [0.5, 0.6) is 0 Å². The van der Waals surface area contributed by atoms with Crippen LogP contribution in [0.1, 0.15) is 19.3 Å². The summed E-state index contributed by atoms with van der Waals surface area (Å²) >= 11 is 0. The second kappa shape index (κ2) is 1.98. The van der Waals surface area contributed by atoms with E-state index in [0.29, 0.717) is 0 Å². The first-order chi connectivity index (χ1) is 4.36. The van der Waals surface area contributed by atoms with Gasteiger partial charge in [0, 0.05) is 0 Å². The van der Waals surface area contributed by atoms with Crippen molar-refractivity contribution < 1.29 is 0 Å². The Balaban J connectivity index is 1.89. The van der Waals surface area contributed by atoms with E-state index in [1.54, 1.807) is 6.42 Å². The van der Waals surface area contributed by atoms with Crippen LogP contribution in [0.4, 0.5) is 0 Å². The minimum atomic E-state index is 1.13. The number of hydrogen-bond acceptors (Lipinski definition) is 1. The normalized spacial score (nSPS) is 43.7. The van der Waals surface area contributed by atoms with Gasteiger partial charge in [-0.05, 0) is 51.2 Å². The molecule has 1 saturated heterocycles. The molecule has 0 N–H and O–H groups in total. The summed E-state index contributed by atoms with van der Waals surface area (Å²) in [7, 11) is 2.24. The molecule has 52 valence electrons. The lowest BCUT2D eigenvalue weighted by Gasteiger charge is -2.12. The lowest BCUT2D eigenvalue weighted by Crippen LogP contribution is -2.19. The van der Waals surface area contributed by atoms with Crippen LogP contribution in [0.15, 0.2) is 0 Å². The smallest absolute Gasteiger partial charge is 0.00190 e. The summed E-state index contributed by atoms with van der Waals surface area (Å²) in [5.74, 6) is 2.27. The molecule has 0 aromatic rings. The van der Waals surface area contributed by atoms with E-state index in [1.165, 1.54) is 25.9 Å². The Labute approximate surface area is 57.0 Å². The molecule has 0 aromatic carbocycles. The second-order valence-corrected chi connectivity index (χ2v) is 3.64. The van der Waals surface area contributed by atoms with E-state index in [1.807, 2.05) is 0 Å². The summed E-state index contributed by atoms with van der Waals surface area (Å²) < 4.78 is 0. The van der Waals surface area contributed by atoms with E-state index in [-0.39, 0.29) is 0 Å². The Kier molecular flexibility index (Phi) is 1.26. The summed E-state index contributed by atoms with van der Waals surface area (Å²) in [4.78, 5) is 2.46. The Morgan fingerprint density at radius 3 is 2.22 bits per heavy atom. The van der Waals surface area contributed by atoms with Crippen LogP contribution in [-0.4, -0.2) is 25.0 Å². The highest BCUT2D eigenvalue weighted by atomic mass is 15.1. The molecule has 1 nitrogen and oxygen atoms in total. The highest BCUT2D eigenvalue weighted by Gasteiger charge is 2.37. The summed E-state index contributed by atoms with van der Waals surface area (Å²) in [6.07, 6.45) is 4.50. The first kappa shape index (κ1) is 5.72. The Hall–Kier alpha value is -0.0400. The monoisotopic (exact) mass is 125 g/mol. The van der Waals surface area contributed by atoms with Gasteiger partial charge in [0.15, 0.2) is 0 Å². The molecule has 0 bridgehead atoms. The van der Waals surface area contributed by atoms with Gasteiger partial charge >= 0.3 is 0 Å². The molecule has 2 atom stereocenters. The van der Waals surface area contributed by atoms with E-state index in [4.69, 9.17) is 0 Å². The van der Waals surface area contributed by atoms with Crippen LogP contribution < -0.4 is 0 Å². The van der Waals surface area contributed by atoms with E-state index < -0.39 is 0 Å². The zero-order valence-corrected chi connectivity index (χ0v) is 6.14. The largest absolute Gasteiger partial charge is 0.306 e. The van der Waals surface area contributed by atoms with Crippen molar-refractivity contribution in [2.45, 2.75) is 19.3 Å². The van der Waals surface area contributed by atoms with Gasteiger partial charge in [0.05, 0.1) is 0 Å². The van der Waals surface area contributed by atoms with Crippen LogP contribution in [0.3, 0.4) is 0 Å². The molecule has 1 heteroatoms. The third-order valence-corrected chi connectivity index (χ3v) is 2.83. The van der Waals surface area contributed by atoms with Crippen LogP contribution in [-0.2, 0) is 0 Å². The zero-order valence-electron chi connectivity index (χ0n) is 6.14. The predicted octanol–water partition coefficient (Wildman–Crippen LogP) is 1.35. The van der Waals surface area contributed by atoms with Crippen molar-refractivity contribution in [1.29, 1.82) is 0 Å². The number of hydrogen-bond donors (Lipinski definition) is 0. The van der Waals surface area contributed by atoms with Gasteiger partial charge in [0.25, 0.3) is 0 Å². The third kappa shape index (κ3) is 1.11. The zero-order chi connectivity index (χ0) is 6.27. The highest BCUT2D eigenvalue weighted by Crippen LogP contribution is 2.45. The van der Waals surface area contributed by atoms with Crippen molar-refractivity contribution in [2.75, 3.05) is 20.1 Å². The average Bonchev–Trinajstić information content (AvgIpc) is 2.54. The van der Waals surface area contributed by atoms with Crippen LogP contribution >= 0.6 is 0 Å². The summed E-state index contributed by atoms with van der Waals surface area (Å²) in [5, 5.41) is 0. The van der Waals surface area contributed by atoms with Crippen LogP contribution in [0.25, 0.3) is 0 Å². The molecule has 1 aliphatic carbocycles. The van der Waals surface area contributed by atoms with E-state index in [0.717, 1.165) is 11.8 Å². The van der Waals surface area contributed by atoms with Crippen LogP contribution in [0.2, 0.25) is 0 Å². The van der Waals surface area contributed by atoms with Crippen molar-refractivity contribution in [3.05, 3.63) is 0 Å². The van der Waals surface area contributed by atoms with Gasteiger partial charge < -0.3 is 4.90 Å². The van der Waals surface area contributed by atoms with Crippen molar-refractivity contribution in [3.63, 3.8) is 0 Å². The molecule has 2 unspecified atom stereocenters. The molecule has 9 heavy (non-hydrogen) atoms. The van der Waals surface area contributed by atoms with Crippen molar-refractivity contribution in [3.8, 4) is 0 Å². The van der Waals surface area contributed by atoms with Crippen molar-refractivity contribution in [1.82, 2.24) is 4.90 Å². The van der Waals surface area contributed by atoms with E-state index >= 15 is 0 Å². The van der Waals surface area contributed by atoms with Gasteiger partial charge in [0.2, 0.25) is 0 Å². The van der Waals surface area contributed by atoms with Crippen molar-refractivity contribution in [2.24, 2.45) is 11.8 Å². The van der Waals surface area contributed by atoms with Gasteiger partial charge in [-0.3, -0.25) is 0 Å². The number of rotatable bonds is 0. The Bertz CT molecular complexity index is 95.1. The van der Waals surface area contributed by atoms with E-state index in [2.05, 4.69) is 11.9 Å². The molecule has 1 heterocycles. The molecular formula is C8H15N. The standard InChI is InChI=1S/C8H15N/c1-9-4-2-7-6-8(7)3-5-9/h7-8H,2-6H2,1H3. The van der Waals surface area contributed by atoms with Gasteiger partial charge in [-0.2, -0.15) is 0 Å². The number of nitrogens with zero attached hydrogens (tertiary/aromatic N) is 1. The Morgan fingerprint density at radius 2 is 1.67 bits per heavy atom. The van der Waals surface area contributed by atoms with Gasteiger partial charge in [-0.1, -0.05) is 0 Å². The summed E-state index contributed by atoms with van der Waals surface area (Å²) in [6.45, 7) is 2.70. The fraction of sp³-hybridized carbons (Fsp3) is 1.00. The third-order valence-electron chi connectivity index (χ3n) is 2.83. The van der Waals surface area contributed by atoms with Crippen LogP contribution in [0, 0.1) is 11.8 Å². The summed E-state index contributed by atoms with van der Waals surface area (Å²) in [5.41, 5.74) is 0. The first-order valence-electron chi connectivity index (χ1n) is 4.05. The average molecular weight is 125 g/mol. The molecule has 2 rings (SSSR count). The number of fused-ring (bicyclic) bond motifs is 1. The number of likely N-dealkylation sites (tertiary alicyclic amines) is 1. The molecule has 0 spiro atoms. The maximum Gasteiger partial charge on any atom is -0.00190 e. The topological polar surface area (TPSA) is 3.24 Å². The molecular weight excluding hydrogens is 110 g/mol. The maximum atomic E-state index is 2.46. The van der Waals surface area contributed by atoms with Gasteiger partial charge in [-0.15, -0.1) is 0 Å². The predicted molar refractivity (Wildman–Crippen MR) is 38.3 cm³/mol. The van der Waals surface area contributed by atoms with Crippen molar-refractivity contribution >= 4 is 0 Å². The minimum absolute atomic E-state index is 1.13. The SMILES string of the molecule is CN1CCC2CC2CC1. The van der Waals surface area contributed by atoms with E-state index in [9.17, 15) is 0 Å². The Morgan fingerprint density at radius 1 is 1.11 bits per heavy atom. The molecule has 2 fully saturated rings. The first-order valence-corrected chi connectivity index (χ1v) is 4.05. The quantitative estimate of drug-likeness (QED) is 0.472. The lowest BCUT2D eigenvalue weighted by atomic mass is 10.2. The molecule has 0 amide bonds. The van der Waals surface area contributed by atoms with Gasteiger partial charge in [0.1, 0.15) is 0 Å². The highest BCUT2D eigenvalue weighted by molar-refractivity contribution is 4.89. The fourth-order valence-corrected chi connectivity index (χ4v) is 1.90. The molecule has 2 aliphatic rings. The molecule has 1 saturated carbocycles. The second-order valence-electron chi connectivity index (χ2n) is 3.64. The fourth-order valence-electron chi connectivity index (χ4n) is 1.90. The molecule has 0 aromatic heterocycles.